The summed E-state index contributed by atoms with van der Waals surface area (Å²) in [6.45, 7) is 9.09. The van der Waals surface area contributed by atoms with Crippen molar-refractivity contribution in [2.24, 2.45) is 7.05 Å². The van der Waals surface area contributed by atoms with Crippen LogP contribution in [0.5, 0.6) is 5.75 Å². The number of aryl methyl sites for hydroxylation is 1. The number of morpholine rings is 1. The molecule has 2 saturated heterocycles. The Labute approximate surface area is 294 Å². The fourth-order valence-corrected chi connectivity index (χ4v) is 8.65. The number of hydrogen-bond donors (Lipinski definition) is 2. The summed E-state index contributed by atoms with van der Waals surface area (Å²) in [5.74, 6) is 1.59. The molecule has 0 aliphatic carbocycles. The Morgan fingerprint density at radius 1 is 1.00 bits per heavy atom. The highest BCUT2D eigenvalue weighted by molar-refractivity contribution is 9.10. The average Bonchev–Trinajstić information content (AvgIpc) is 3.55. The van der Waals surface area contributed by atoms with Crippen molar-refractivity contribution in [1.82, 2.24) is 29.6 Å². The summed E-state index contributed by atoms with van der Waals surface area (Å²) in [7, 11) is 0.903. The van der Waals surface area contributed by atoms with Gasteiger partial charge in [0.25, 0.3) is 0 Å². The molecule has 0 bridgehead atoms. The molecule has 5 aromatic rings. The van der Waals surface area contributed by atoms with Crippen LogP contribution in [-0.2, 0) is 16.3 Å². The number of benzene rings is 2. The maximum atomic E-state index is 13.5. The van der Waals surface area contributed by atoms with Gasteiger partial charge in [-0.05, 0) is 66.4 Å². The number of rotatable bonds is 9. The lowest BCUT2D eigenvalue weighted by Crippen LogP contribution is -2.49. The highest BCUT2D eigenvalue weighted by Gasteiger charge is 2.28. The highest BCUT2D eigenvalue weighted by atomic mass is 79.9. The lowest BCUT2D eigenvalue weighted by atomic mass is 9.99. The molecule has 3 aromatic heterocycles. The van der Waals surface area contributed by atoms with Gasteiger partial charge in [-0.2, -0.15) is 10.1 Å². The van der Waals surface area contributed by atoms with Crippen molar-refractivity contribution in [2.75, 3.05) is 75.4 Å². The van der Waals surface area contributed by atoms with Crippen LogP contribution in [0.3, 0.4) is 0 Å². The SMILES string of the molecule is COc1cc(N2CCC(N3CCOCC3)CC2)c(-c2cnn(C)c2)cc1Nc1ncc(Br)c(Nc2ccc3ncccc3c2P(C)(C)=O)n1. The number of piperidine rings is 1. The van der Waals surface area contributed by atoms with Crippen molar-refractivity contribution >= 4 is 68.1 Å². The molecule has 49 heavy (non-hydrogen) atoms. The number of pyridine rings is 1. The van der Waals surface area contributed by atoms with Gasteiger partial charge in [0.05, 0.1) is 47.9 Å². The number of ether oxygens (including phenoxy) is 2. The quantitative estimate of drug-likeness (QED) is 0.167. The van der Waals surface area contributed by atoms with Crippen molar-refractivity contribution in [3.8, 4) is 16.9 Å². The van der Waals surface area contributed by atoms with Gasteiger partial charge in [0, 0.05) is 91.4 Å². The molecule has 0 atom stereocenters. The Hall–Kier alpha value is -4.03. The number of halogens is 1. The molecule has 14 heteroatoms. The molecule has 12 nitrogen and oxygen atoms in total. The molecule has 0 amide bonds. The Morgan fingerprint density at radius 2 is 1.80 bits per heavy atom. The van der Waals surface area contributed by atoms with E-state index in [1.54, 1.807) is 32.8 Å². The van der Waals surface area contributed by atoms with Crippen molar-refractivity contribution < 1.29 is 14.0 Å². The van der Waals surface area contributed by atoms with E-state index in [0.717, 1.165) is 90.9 Å². The first-order valence-corrected chi connectivity index (χ1v) is 19.8. The minimum Gasteiger partial charge on any atom is -0.494 e. The second kappa shape index (κ2) is 14.1. The van der Waals surface area contributed by atoms with Crippen LogP contribution in [0.1, 0.15) is 12.8 Å². The van der Waals surface area contributed by atoms with Gasteiger partial charge in [0.1, 0.15) is 18.7 Å². The van der Waals surface area contributed by atoms with Gasteiger partial charge in [-0.15, -0.1) is 0 Å². The molecule has 2 fully saturated rings. The van der Waals surface area contributed by atoms with Gasteiger partial charge in [0.15, 0.2) is 0 Å². The fraction of sp³-hybridized carbons (Fsp3) is 0.371. The number of methoxy groups -OCH3 is 1. The van der Waals surface area contributed by atoms with Crippen LogP contribution in [0.4, 0.5) is 28.8 Å². The Bertz CT molecular complexity index is 2020. The second-order valence-electron chi connectivity index (χ2n) is 12.9. The third-order valence-corrected chi connectivity index (χ3v) is 11.4. The predicted molar refractivity (Wildman–Crippen MR) is 200 cm³/mol. The van der Waals surface area contributed by atoms with E-state index in [9.17, 15) is 4.57 Å². The number of aromatic nitrogens is 5. The first kappa shape index (κ1) is 33.5. The zero-order valence-corrected chi connectivity index (χ0v) is 30.7. The van der Waals surface area contributed by atoms with Crippen molar-refractivity contribution in [3.05, 3.63) is 65.7 Å². The topological polar surface area (TPSA) is 123 Å². The van der Waals surface area contributed by atoms with Gasteiger partial charge in [-0.3, -0.25) is 14.6 Å². The molecular weight excluding hydrogens is 705 g/mol. The molecule has 0 radical (unpaired) electrons. The Balaban J connectivity index is 1.20. The number of anilines is 5. The van der Waals surface area contributed by atoms with E-state index in [1.807, 2.05) is 48.4 Å². The largest absolute Gasteiger partial charge is 0.494 e. The fourth-order valence-electron chi connectivity index (χ4n) is 6.88. The van der Waals surface area contributed by atoms with Crippen LogP contribution in [0.25, 0.3) is 22.0 Å². The molecule has 2 N–H and O–H groups in total. The number of hydrogen-bond acceptors (Lipinski definition) is 11. The van der Waals surface area contributed by atoms with E-state index in [0.29, 0.717) is 33.7 Å². The average molecular weight is 747 g/mol. The smallest absolute Gasteiger partial charge is 0.229 e. The van der Waals surface area contributed by atoms with Gasteiger partial charge in [0.2, 0.25) is 5.95 Å². The summed E-state index contributed by atoms with van der Waals surface area (Å²) >= 11 is 3.61. The van der Waals surface area contributed by atoms with Gasteiger partial charge in [-0.1, -0.05) is 6.07 Å². The van der Waals surface area contributed by atoms with Crippen molar-refractivity contribution in [2.45, 2.75) is 18.9 Å². The van der Waals surface area contributed by atoms with Crippen LogP contribution < -0.4 is 25.6 Å². The molecule has 7 rings (SSSR count). The molecular formula is C35H41BrN9O3P. The second-order valence-corrected chi connectivity index (χ2v) is 16.9. The van der Waals surface area contributed by atoms with Crippen LogP contribution in [0.2, 0.25) is 0 Å². The van der Waals surface area contributed by atoms with E-state index in [4.69, 9.17) is 14.5 Å². The Morgan fingerprint density at radius 3 is 2.51 bits per heavy atom. The van der Waals surface area contributed by atoms with E-state index in [1.165, 1.54) is 0 Å². The molecule has 0 unspecified atom stereocenters. The summed E-state index contributed by atoms with van der Waals surface area (Å²) in [5, 5.41) is 12.9. The maximum absolute atomic E-state index is 13.5. The van der Waals surface area contributed by atoms with Gasteiger partial charge >= 0.3 is 0 Å². The number of nitrogens with one attached hydrogen (secondary N) is 2. The van der Waals surface area contributed by atoms with Crippen LogP contribution in [0, 0.1) is 0 Å². The van der Waals surface area contributed by atoms with E-state index < -0.39 is 7.14 Å². The molecule has 0 saturated carbocycles. The first-order chi connectivity index (χ1) is 23.7. The highest BCUT2D eigenvalue weighted by Crippen LogP contribution is 2.43. The molecule has 0 spiro atoms. The third-order valence-electron chi connectivity index (χ3n) is 9.24. The summed E-state index contributed by atoms with van der Waals surface area (Å²) in [4.78, 5) is 18.9. The van der Waals surface area contributed by atoms with Gasteiger partial charge < -0.3 is 29.6 Å². The molecule has 2 aliphatic heterocycles. The summed E-state index contributed by atoms with van der Waals surface area (Å²) in [6.07, 6.45) is 9.55. The predicted octanol–water partition coefficient (Wildman–Crippen LogP) is 6.23. The molecule has 5 heterocycles. The zero-order valence-electron chi connectivity index (χ0n) is 28.2. The summed E-state index contributed by atoms with van der Waals surface area (Å²) in [5.41, 5.74) is 5.39. The molecule has 256 valence electrons. The van der Waals surface area contributed by atoms with E-state index in [2.05, 4.69) is 63.6 Å². The van der Waals surface area contributed by atoms with Crippen LogP contribution in [-0.4, -0.2) is 95.5 Å². The lowest BCUT2D eigenvalue weighted by molar-refractivity contribution is 0.0115. The maximum Gasteiger partial charge on any atom is 0.229 e. The van der Waals surface area contributed by atoms with E-state index >= 15 is 0 Å². The molecule has 2 aromatic carbocycles. The minimum absolute atomic E-state index is 0.375. The number of fused-ring (bicyclic) bond motifs is 1. The van der Waals surface area contributed by atoms with Crippen LogP contribution >= 0.6 is 23.1 Å². The van der Waals surface area contributed by atoms with Crippen LogP contribution in [0.15, 0.2) is 65.7 Å². The number of nitrogens with zero attached hydrogens (tertiary/aromatic N) is 7. The first-order valence-electron chi connectivity index (χ1n) is 16.5. The van der Waals surface area contributed by atoms with E-state index in [-0.39, 0.29) is 0 Å². The zero-order chi connectivity index (χ0) is 34.1. The standard InChI is InChI=1S/C35H41BrN9O3P/c1-43-22-23(20-39-43)26-18-30(32(47-2)19-31(26)45-12-9-24(10-13-45)44-14-16-48-17-15-44)41-35-38-21-27(36)34(42-35)40-29-8-7-28-25(6-5-11-37-28)33(29)49(3,4)46/h5-8,11,18-22,24H,9-10,12-17H2,1-4H3,(H2,38,40,41,42). The summed E-state index contributed by atoms with van der Waals surface area (Å²) < 4.78 is 27.6. The monoisotopic (exact) mass is 745 g/mol. The van der Waals surface area contributed by atoms with Crippen molar-refractivity contribution in [1.29, 1.82) is 0 Å². The normalized spacial score (nSPS) is 16.2. The van der Waals surface area contributed by atoms with Crippen molar-refractivity contribution in [3.63, 3.8) is 0 Å². The lowest BCUT2D eigenvalue weighted by Gasteiger charge is -2.41. The minimum atomic E-state index is -2.70. The Kier molecular flexibility index (Phi) is 9.61. The summed E-state index contributed by atoms with van der Waals surface area (Å²) in [6, 6.07) is 12.4. The molecule has 2 aliphatic rings. The van der Waals surface area contributed by atoms with Gasteiger partial charge in [-0.25, -0.2) is 4.98 Å². The third kappa shape index (κ3) is 7.17.